The molecule has 1 aliphatic heterocycles. The number of halogens is 2. The molecule has 98 valence electrons. The lowest BCUT2D eigenvalue weighted by Gasteiger charge is -2.23. The zero-order chi connectivity index (χ0) is 13.0. The van der Waals surface area contributed by atoms with Crippen LogP contribution in [0.2, 0.25) is 5.02 Å². The number of hydrogen-bond donors (Lipinski definition) is 2. The molecule has 0 aliphatic carbocycles. The van der Waals surface area contributed by atoms with E-state index in [1.807, 2.05) is 0 Å². The fourth-order valence-corrected chi connectivity index (χ4v) is 2.27. The largest absolute Gasteiger partial charge is 0.375 e. The lowest BCUT2D eigenvalue weighted by Crippen LogP contribution is -2.40. The van der Waals surface area contributed by atoms with Gasteiger partial charge in [-0.05, 0) is 34.1 Å². The molecule has 6 heteroatoms. The number of anilines is 1. The molecule has 2 N–H and O–H groups in total. The van der Waals surface area contributed by atoms with Crippen molar-refractivity contribution < 1.29 is 9.53 Å². The van der Waals surface area contributed by atoms with E-state index in [0.717, 1.165) is 11.0 Å². The maximum atomic E-state index is 11.9. The average molecular weight is 334 g/mol. The number of ether oxygens (including phenoxy) is 1. The molecule has 1 heterocycles. The summed E-state index contributed by atoms with van der Waals surface area (Å²) < 4.78 is 6.29. The number of benzene rings is 1. The number of carbonyl (C=O) groups is 1. The first kappa shape index (κ1) is 13.8. The number of carbonyl (C=O) groups excluding carboxylic acids is 1. The summed E-state index contributed by atoms with van der Waals surface area (Å²) in [4.78, 5) is 11.9. The maximum Gasteiger partial charge on any atom is 0.227 e. The van der Waals surface area contributed by atoms with Gasteiger partial charge in [-0.2, -0.15) is 0 Å². The van der Waals surface area contributed by atoms with Crippen LogP contribution in [0.3, 0.4) is 0 Å². The van der Waals surface area contributed by atoms with Crippen LogP contribution >= 0.6 is 27.5 Å². The van der Waals surface area contributed by atoms with E-state index in [0.29, 0.717) is 30.3 Å². The Labute approximate surface area is 119 Å². The summed E-state index contributed by atoms with van der Waals surface area (Å²) in [7, 11) is 0. The second kappa shape index (κ2) is 6.52. The topological polar surface area (TPSA) is 50.4 Å². The monoisotopic (exact) mass is 332 g/mol. The van der Waals surface area contributed by atoms with Gasteiger partial charge >= 0.3 is 0 Å². The van der Waals surface area contributed by atoms with Gasteiger partial charge in [0.05, 0.1) is 24.8 Å². The molecule has 1 aromatic carbocycles. The average Bonchev–Trinajstić information content (AvgIpc) is 2.35. The first-order valence-corrected chi connectivity index (χ1v) is 6.89. The van der Waals surface area contributed by atoms with Gasteiger partial charge in [-0.15, -0.1) is 0 Å². The molecular formula is C12H14BrClN2O2. The predicted octanol–water partition coefficient (Wildman–Crippen LogP) is 2.42. The lowest BCUT2D eigenvalue weighted by atomic mass is 10.2. The highest BCUT2D eigenvalue weighted by Crippen LogP contribution is 2.26. The zero-order valence-corrected chi connectivity index (χ0v) is 12.1. The number of nitrogens with one attached hydrogen (secondary N) is 2. The number of morpholine rings is 1. The van der Waals surface area contributed by atoms with Gasteiger partial charge in [-0.1, -0.05) is 11.6 Å². The van der Waals surface area contributed by atoms with Crippen molar-refractivity contribution in [3.8, 4) is 0 Å². The Balaban J connectivity index is 1.92. The third-order valence-electron chi connectivity index (χ3n) is 2.62. The second-order valence-electron chi connectivity index (χ2n) is 4.07. The van der Waals surface area contributed by atoms with Crippen LogP contribution in [0.4, 0.5) is 5.69 Å². The summed E-state index contributed by atoms with van der Waals surface area (Å²) in [6.45, 7) is 2.21. The van der Waals surface area contributed by atoms with Crippen molar-refractivity contribution in [3.05, 3.63) is 27.7 Å². The van der Waals surface area contributed by atoms with Crippen molar-refractivity contribution in [2.75, 3.05) is 25.0 Å². The van der Waals surface area contributed by atoms with Crippen molar-refractivity contribution in [1.82, 2.24) is 5.32 Å². The Morgan fingerprint density at radius 3 is 3.17 bits per heavy atom. The second-order valence-corrected chi connectivity index (χ2v) is 5.36. The molecule has 18 heavy (non-hydrogen) atoms. The smallest absolute Gasteiger partial charge is 0.227 e. The minimum absolute atomic E-state index is 0.0586. The molecule has 1 saturated heterocycles. The van der Waals surface area contributed by atoms with E-state index in [-0.39, 0.29) is 12.0 Å². The van der Waals surface area contributed by atoms with Crippen LogP contribution in [-0.4, -0.2) is 31.7 Å². The molecule has 1 aliphatic rings. The van der Waals surface area contributed by atoms with Crippen molar-refractivity contribution in [1.29, 1.82) is 0 Å². The Hall–Kier alpha value is -0.620. The van der Waals surface area contributed by atoms with Crippen LogP contribution in [0, 0.1) is 0 Å². The first-order valence-electron chi connectivity index (χ1n) is 5.72. The SMILES string of the molecule is O=C(CC1CNCCO1)Nc1cc(Cl)ccc1Br. The van der Waals surface area contributed by atoms with Crippen molar-refractivity contribution in [2.45, 2.75) is 12.5 Å². The molecule has 0 spiro atoms. The molecular weight excluding hydrogens is 320 g/mol. The van der Waals surface area contributed by atoms with E-state index >= 15 is 0 Å². The fourth-order valence-electron chi connectivity index (χ4n) is 1.75. The number of amides is 1. The van der Waals surface area contributed by atoms with Gasteiger partial charge in [-0.3, -0.25) is 4.79 Å². The Bertz CT molecular complexity index is 436. The molecule has 1 aromatic rings. The third-order valence-corrected chi connectivity index (χ3v) is 3.55. The summed E-state index contributed by atoms with van der Waals surface area (Å²) in [5.74, 6) is -0.0772. The molecule has 0 bridgehead atoms. The maximum absolute atomic E-state index is 11.9. The van der Waals surface area contributed by atoms with Gasteiger partial charge in [0, 0.05) is 22.6 Å². The molecule has 1 unspecified atom stereocenters. The molecule has 0 aromatic heterocycles. The van der Waals surface area contributed by atoms with Gasteiger partial charge < -0.3 is 15.4 Å². The van der Waals surface area contributed by atoms with Crippen LogP contribution in [0.5, 0.6) is 0 Å². The van der Waals surface area contributed by atoms with Crippen LogP contribution in [0.25, 0.3) is 0 Å². The van der Waals surface area contributed by atoms with E-state index in [1.165, 1.54) is 0 Å². The Morgan fingerprint density at radius 1 is 1.61 bits per heavy atom. The molecule has 1 atom stereocenters. The first-order chi connectivity index (χ1) is 8.65. The fraction of sp³-hybridized carbons (Fsp3) is 0.417. The highest BCUT2D eigenvalue weighted by atomic mass is 79.9. The summed E-state index contributed by atoms with van der Waals surface area (Å²) in [6, 6.07) is 5.27. The third kappa shape index (κ3) is 3.95. The van der Waals surface area contributed by atoms with E-state index in [2.05, 4.69) is 26.6 Å². The molecule has 2 rings (SSSR count). The Morgan fingerprint density at radius 2 is 2.44 bits per heavy atom. The number of hydrogen-bond acceptors (Lipinski definition) is 3. The summed E-state index contributed by atoms with van der Waals surface area (Å²) in [5.41, 5.74) is 0.677. The highest BCUT2D eigenvalue weighted by Gasteiger charge is 2.17. The highest BCUT2D eigenvalue weighted by molar-refractivity contribution is 9.10. The molecule has 0 radical (unpaired) electrons. The van der Waals surface area contributed by atoms with Gasteiger partial charge in [0.1, 0.15) is 0 Å². The molecule has 0 saturated carbocycles. The normalized spacial score (nSPS) is 19.6. The van der Waals surface area contributed by atoms with Crippen molar-refractivity contribution in [2.24, 2.45) is 0 Å². The summed E-state index contributed by atoms with van der Waals surface area (Å²) in [6.07, 6.45) is 0.281. The quantitative estimate of drug-likeness (QED) is 0.893. The van der Waals surface area contributed by atoms with Gasteiger partial charge in [0.25, 0.3) is 0 Å². The van der Waals surface area contributed by atoms with Gasteiger partial charge in [0.2, 0.25) is 5.91 Å². The number of rotatable bonds is 3. The molecule has 4 nitrogen and oxygen atoms in total. The van der Waals surface area contributed by atoms with E-state index in [9.17, 15) is 4.79 Å². The minimum atomic E-state index is -0.0772. The van der Waals surface area contributed by atoms with Crippen molar-refractivity contribution in [3.63, 3.8) is 0 Å². The lowest BCUT2D eigenvalue weighted by molar-refractivity contribution is -0.119. The molecule has 1 fully saturated rings. The van der Waals surface area contributed by atoms with Crippen LogP contribution in [0.1, 0.15) is 6.42 Å². The van der Waals surface area contributed by atoms with E-state index < -0.39 is 0 Å². The Kier molecular flexibility index (Phi) is 5.00. The van der Waals surface area contributed by atoms with Crippen molar-refractivity contribution >= 4 is 39.1 Å². The molecule has 1 amide bonds. The minimum Gasteiger partial charge on any atom is -0.375 e. The zero-order valence-electron chi connectivity index (χ0n) is 9.71. The van der Waals surface area contributed by atoms with Gasteiger partial charge in [0.15, 0.2) is 0 Å². The van der Waals surface area contributed by atoms with Crippen LogP contribution in [0.15, 0.2) is 22.7 Å². The summed E-state index contributed by atoms with van der Waals surface area (Å²) in [5, 5.41) is 6.60. The van der Waals surface area contributed by atoms with Crippen LogP contribution < -0.4 is 10.6 Å². The predicted molar refractivity (Wildman–Crippen MR) is 75.0 cm³/mol. The standard InChI is InChI=1S/C12H14BrClN2O2/c13-10-2-1-8(14)5-11(10)16-12(17)6-9-7-15-3-4-18-9/h1-2,5,9,15H,3-4,6-7H2,(H,16,17). The van der Waals surface area contributed by atoms with E-state index in [4.69, 9.17) is 16.3 Å². The summed E-state index contributed by atoms with van der Waals surface area (Å²) >= 11 is 9.25. The van der Waals surface area contributed by atoms with Gasteiger partial charge in [-0.25, -0.2) is 0 Å². The van der Waals surface area contributed by atoms with Crippen LogP contribution in [-0.2, 0) is 9.53 Å². The van der Waals surface area contributed by atoms with E-state index in [1.54, 1.807) is 18.2 Å².